The van der Waals surface area contributed by atoms with Gasteiger partial charge in [0.25, 0.3) is 0 Å². The zero-order valence-corrected chi connectivity index (χ0v) is 6.20. The van der Waals surface area contributed by atoms with Gasteiger partial charge >= 0.3 is 5.97 Å². The molecule has 9 heavy (non-hydrogen) atoms. The average Bonchev–Trinajstić information content (AvgIpc) is 1.87. The van der Waals surface area contributed by atoms with Gasteiger partial charge < -0.3 is 4.74 Å². The second-order valence-electron chi connectivity index (χ2n) is 1.29. The monoisotopic (exact) mass is 152 g/mol. The van der Waals surface area contributed by atoms with Gasteiger partial charge in [0.2, 0.25) is 5.50 Å². The first-order chi connectivity index (χ1) is 4.22. The summed E-state index contributed by atoms with van der Waals surface area (Å²) in [5.41, 5.74) is -1.51. The highest BCUT2D eigenvalue weighted by atomic mass is 32.2. The molecule has 0 N–H and O–H groups in total. The quantitative estimate of drug-likeness (QED) is 0.568. The number of carbonyl (C=O) groups is 1. The Kier molecular flexibility index (Phi) is 4.48. The molecular formula is C5H9FO2S. The summed E-state index contributed by atoms with van der Waals surface area (Å²) in [6.07, 6.45) is 0. The van der Waals surface area contributed by atoms with Crippen LogP contribution < -0.4 is 0 Å². The van der Waals surface area contributed by atoms with Crippen LogP contribution in [-0.4, -0.2) is 24.3 Å². The highest BCUT2D eigenvalue weighted by molar-refractivity contribution is 8.00. The van der Waals surface area contributed by atoms with Crippen molar-refractivity contribution in [3.63, 3.8) is 0 Å². The minimum atomic E-state index is -1.51. The summed E-state index contributed by atoms with van der Waals surface area (Å²) < 4.78 is 16.4. The van der Waals surface area contributed by atoms with Gasteiger partial charge in [0.15, 0.2) is 0 Å². The molecule has 0 heterocycles. The fourth-order valence-electron chi connectivity index (χ4n) is 0.307. The first-order valence-electron chi connectivity index (χ1n) is 2.55. The molecule has 0 spiro atoms. The van der Waals surface area contributed by atoms with Crippen LogP contribution >= 0.6 is 11.8 Å². The maximum absolute atomic E-state index is 12.3. The number of ether oxygens (including phenoxy) is 1. The van der Waals surface area contributed by atoms with Crippen molar-refractivity contribution in [3.05, 3.63) is 0 Å². The van der Waals surface area contributed by atoms with Crippen molar-refractivity contribution in [2.75, 3.05) is 12.9 Å². The molecule has 0 fully saturated rings. The van der Waals surface area contributed by atoms with Gasteiger partial charge in [0, 0.05) is 0 Å². The summed E-state index contributed by atoms with van der Waals surface area (Å²) in [5, 5.41) is 0. The van der Waals surface area contributed by atoms with Gasteiger partial charge in [-0.2, -0.15) is 0 Å². The Morgan fingerprint density at radius 1 is 1.89 bits per heavy atom. The largest absolute Gasteiger partial charge is 0.466 e. The summed E-state index contributed by atoms with van der Waals surface area (Å²) in [6, 6.07) is 0. The zero-order valence-electron chi connectivity index (χ0n) is 5.39. The van der Waals surface area contributed by atoms with Crippen molar-refractivity contribution in [1.29, 1.82) is 0 Å². The second kappa shape index (κ2) is 4.61. The Balaban J connectivity index is 3.45. The smallest absolute Gasteiger partial charge is 0.351 e. The van der Waals surface area contributed by atoms with Crippen molar-refractivity contribution in [2.24, 2.45) is 0 Å². The van der Waals surface area contributed by atoms with E-state index in [0.29, 0.717) is 5.75 Å². The van der Waals surface area contributed by atoms with Gasteiger partial charge in [-0.1, -0.05) is 6.92 Å². The van der Waals surface area contributed by atoms with Gasteiger partial charge in [-0.3, -0.25) is 0 Å². The molecule has 0 aliphatic carbocycles. The lowest BCUT2D eigenvalue weighted by atomic mass is 10.8. The molecular weight excluding hydrogens is 143 g/mol. The number of methoxy groups -OCH3 is 1. The maximum atomic E-state index is 12.3. The van der Waals surface area contributed by atoms with Crippen LogP contribution in [0.25, 0.3) is 0 Å². The molecule has 0 bridgehead atoms. The van der Waals surface area contributed by atoms with E-state index in [4.69, 9.17) is 0 Å². The van der Waals surface area contributed by atoms with E-state index in [1.807, 2.05) is 0 Å². The number of halogens is 1. The molecule has 0 saturated heterocycles. The van der Waals surface area contributed by atoms with E-state index in [2.05, 4.69) is 4.74 Å². The van der Waals surface area contributed by atoms with Crippen molar-refractivity contribution < 1.29 is 13.9 Å². The van der Waals surface area contributed by atoms with Gasteiger partial charge in [-0.15, -0.1) is 11.8 Å². The van der Waals surface area contributed by atoms with Crippen molar-refractivity contribution >= 4 is 17.7 Å². The Morgan fingerprint density at radius 3 is 2.78 bits per heavy atom. The standard InChI is InChI=1S/C5H9FO2S/c1-3-9-4(6)5(7)8-2/h4H,3H2,1-2H3. The minimum absolute atomic E-state index is 0.580. The second-order valence-corrected chi connectivity index (χ2v) is 2.62. The van der Waals surface area contributed by atoms with Crippen LogP contribution in [0.4, 0.5) is 4.39 Å². The summed E-state index contributed by atoms with van der Waals surface area (Å²) in [7, 11) is 1.17. The molecule has 0 rings (SSSR count). The third kappa shape index (κ3) is 3.35. The fourth-order valence-corrected chi connectivity index (χ4v) is 0.832. The lowest BCUT2D eigenvalue weighted by molar-refractivity contribution is -0.142. The van der Waals surface area contributed by atoms with Crippen LogP contribution in [0.1, 0.15) is 6.92 Å². The molecule has 4 heteroatoms. The minimum Gasteiger partial charge on any atom is -0.466 e. The number of hydrogen-bond acceptors (Lipinski definition) is 3. The lowest BCUT2D eigenvalue weighted by Gasteiger charge is -2.01. The molecule has 0 amide bonds. The average molecular weight is 152 g/mol. The SMILES string of the molecule is CCSC(F)C(=O)OC. The van der Waals surface area contributed by atoms with E-state index in [1.165, 1.54) is 7.11 Å². The lowest BCUT2D eigenvalue weighted by Crippen LogP contribution is -2.13. The molecule has 0 aliphatic rings. The van der Waals surface area contributed by atoms with E-state index in [0.717, 1.165) is 11.8 Å². The number of hydrogen-bond donors (Lipinski definition) is 0. The number of carbonyl (C=O) groups excluding carboxylic acids is 1. The first-order valence-corrected chi connectivity index (χ1v) is 3.60. The number of rotatable bonds is 3. The topological polar surface area (TPSA) is 26.3 Å². The Hall–Kier alpha value is -0.250. The Bertz CT molecular complexity index is 97.0. The van der Waals surface area contributed by atoms with Gasteiger partial charge in [-0.05, 0) is 5.75 Å². The molecule has 1 unspecified atom stereocenters. The summed E-state index contributed by atoms with van der Waals surface area (Å²) in [5.74, 6) is -0.224. The molecule has 0 aliphatic heterocycles. The van der Waals surface area contributed by atoms with Gasteiger partial charge in [0.05, 0.1) is 7.11 Å². The van der Waals surface area contributed by atoms with E-state index < -0.39 is 11.5 Å². The molecule has 54 valence electrons. The van der Waals surface area contributed by atoms with Gasteiger partial charge in [-0.25, -0.2) is 9.18 Å². The zero-order chi connectivity index (χ0) is 7.28. The molecule has 0 aromatic heterocycles. The van der Waals surface area contributed by atoms with Crippen molar-refractivity contribution in [3.8, 4) is 0 Å². The van der Waals surface area contributed by atoms with Crippen LogP contribution in [0, 0.1) is 0 Å². The highest BCUT2D eigenvalue weighted by Gasteiger charge is 2.15. The van der Waals surface area contributed by atoms with Crippen LogP contribution in [0.15, 0.2) is 0 Å². The van der Waals surface area contributed by atoms with Crippen LogP contribution in [-0.2, 0) is 9.53 Å². The maximum Gasteiger partial charge on any atom is 0.351 e. The van der Waals surface area contributed by atoms with E-state index in [-0.39, 0.29) is 0 Å². The molecule has 0 saturated carbocycles. The summed E-state index contributed by atoms with van der Waals surface area (Å²) in [6.45, 7) is 1.78. The molecule has 1 atom stereocenters. The fraction of sp³-hybridized carbons (Fsp3) is 0.800. The molecule has 0 aromatic carbocycles. The molecule has 0 aromatic rings. The van der Waals surface area contributed by atoms with Crippen LogP contribution in [0.2, 0.25) is 0 Å². The number of alkyl halides is 1. The summed E-state index contributed by atoms with van der Waals surface area (Å²) >= 11 is 0.923. The third-order valence-electron chi connectivity index (χ3n) is 0.699. The highest BCUT2D eigenvalue weighted by Crippen LogP contribution is 2.12. The third-order valence-corrected chi connectivity index (χ3v) is 1.52. The molecule has 2 nitrogen and oxygen atoms in total. The van der Waals surface area contributed by atoms with Crippen LogP contribution in [0.5, 0.6) is 0 Å². The van der Waals surface area contributed by atoms with E-state index >= 15 is 0 Å². The number of thioether (sulfide) groups is 1. The molecule has 0 radical (unpaired) electrons. The predicted octanol–water partition coefficient (Wildman–Crippen LogP) is 1.21. The number of esters is 1. The van der Waals surface area contributed by atoms with Crippen LogP contribution in [0.3, 0.4) is 0 Å². The van der Waals surface area contributed by atoms with E-state index in [1.54, 1.807) is 6.92 Å². The summed E-state index contributed by atoms with van der Waals surface area (Å²) in [4.78, 5) is 10.3. The van der Waals surface area contributed by atoms with Crippen molar-refractivity contribution in [1.82, 2.24) is 0 Å². The normalized spacial score (nSPS) is 12.8. The Morgan fingerprint density at radius 2 is 2.44 bits per heavy atom. The Labute approximate surface area is 57.8 Å². The predicted molar refractivity (Wildman–Crippen MR) is 35.0 cm³/mol. The van der Waals surface area contributed by atoms with Gasteiger partial charge in [0.1, 0.15) is 0 Å². The van der Waals surface area contributed by atoms with Crippen molar-refractivity contribution in [2.45, 2.75) is 12.4 Å². The van der Waals surface area contributed by atoms with E-state index in [9.17, 15) is 9.18 Å². The first kappa shape index (κ1) is 8.75.